The molecule has 0 saturated heterocycles. The van der Waals surface area contributed by atoms with Crippen molar-refractivity contribution in [2.45, 2.75) is 0 Å². The molecule has 4 aromatic rings. The molecule has 0 saturated carbocycles. The van der Waals surface area contributed by atoms with Gasteiger partial charge in [0.25, 0.3) is 0 Å². The van der Waals surface area contributed by atoms with Crippen molar-refractivity contribution in [3.8, 4) is 11.5 Å². The van der Waals surface area contributed by atoms with Crippen molar-refractivity contribution in [1.29, 1.82) is 10.8 Å². The third-order valence-corrected chi connectivity index (χ3v) is 4.71. The zero-order chi connectivity index (χ0) is 28.7. The maximum Gasteiger partial charge on any atom is 0.388 e. The van der Waals surface area contributed by atoms with Gasteiger partial charge in [0.2, 0.25) is 10.8 Å². The van der Waals surface area contributed by atoms with Crippen molar-refractivity contribution in [3.63, 3.8) is 0 Å². The molecule has 0 fully saturated rings. The van der Waals surface area contributed by atoms with Gasteiger partial charge < -0.3 is 29.2 Å². The van der Waals surface area contributed by atoms with E-state index in [1.54, 1.807) is 50.6 Å². The van der Waals surface area contributed by atoms with Crippen molar-refractivity contribution in [2.24, 2.45) is 0 Å². The molecule has 0 aliphatic rings. The van der Waals surface area contributed by atoms with E-state index >= 15 is 0 Å². The van der Waals surface area contributed by atoms with Crippen LogP contribution in [0.3, 0.4) is 0 Å². The van der Waals surface area contributed by atoms with E-state index in [2.05, 4.69) is 20.6 Å². The molecule has 0 aliphatic carbocycles. The van der Waals surface area contributed by atoms with E-state index in [1.165, 1.54) is 0 Å². The smallest absolute Gasteiger partial charge is 0.388 e. The predicted molar refractivity (Wildman–Crippen MR) is 145 cm³/mol. The largest absolute Gasteiger partial charge is 0.759 e. The normalized spacial score (nSPS) is 9.69. The lowest BCUT2D eigenvalue weighted by Crippen LogP contribution is -1.93. The number of para-hydroxylation sites is 2. The average Bonchev–Trinajstić information content (AvgIpc) is 2.94. The van der Waals surface area contributed by atoms with Gasteiger partial charge in [0.1, 0.15) is 11.5 Å². The Morgan fingerprint density at radius 2 is 0.974 bits per heavy atom. The molecule has 0 heterocycles. The molecule has 0 bridgehead atoms. The summed E-state index contributed by atoms with van der Waals surface area (Å²) in [6, 6.07) is 29.9. The number of nitrogens with one attached hydrogen (secondary N) is 2. The van der Waals surface area contributed by atoms with Crippen LogP contribution < -0.4 is 20.1 Å². The summed E-state index contributed by atoms with van der Waals surface area (Å²) in [5.41, 5.74) is 4.51. The zero-order valence-corrected chi connectivity index (χ0v) is 21.7. The van der Waals surface area contributed by atoms with Gasteiger partial charge in [0.05, 0.1) is 37.7 Å². The average molecular weight is 549 g/mol. The van der Waals surface area contributed by atoms with Gasteiger partial charge in [-0.1, -0.05) is 36.4 Å². The summed E-state index contributed by atoms with van der Waals surface area (Å²) in [4.78, 5) is 6.24. The zero-order valence-electron chi connectivity index (χ0n) is 20.9. The number of benzene rings is 4. The van der Waals surface area contributed by atoms with Crippen LogP contribution in [0.25, 0.3) is 9.95 Å². The summed E-state index contributed by atoms with van der Waals surface area (Å²) < 4.78 is 44.5. The number of ether oxygens (including phenoxy) is 2. The Bertz CT molecular complexity index is 1430. The molecule has 12 nitrogen and oxygen atoms in total. The summed E-state index contributed by atoms with van der Waals surface area (Å²) in [5, 5.41) is 23.8. The van der Waals surface area contributed by atoms with E-state index in [0.717, 1.165) is 22.7 Å². The Kier molecular flexibility index (Phi) is 11.6. The third kappa shape index (κ3) is 11.2. The molecule has 0 spiro atoms. The Labute approximate surface area is 225 Å². The summed E-state index contributed by atoms with van der Waals surface area (Å²) in [7, 11) is -2.01. The van der Waals surface area contributed by atoms with Crippen molar-refractivity contribution in [1.82, 2.24) is 0 Å². The van der Waals surface area contributed by atoms with Crippen LogP contribution in [0.2, 0.25) is 0 Å². The van der Waals surface area contributed by atoms with Crippen LogP contribution in [0.5, 0.6) is 11.5 Å². The number of nitrogens with zero attached hydrogens (tertiary/aromatic N) is 4. The van der Waals surface area contributed by atoms with E-state index in [0.29, 0.717) is 22.9 Å². The maximum absolute atomic E-state index is 8.69. The summed E-state index contributed by atoms with van der Waals surface area (Å²) >= 11 is 0. The lowest BCUT2D eigenvalue weighted by Gasteiger charge is -2.09. The van der Waals surface area contributed by atoms with E-state index in [9.17, 15) is 0 Å². The molecule has 0 aliphatic heterocycles. The summed E-state index contributed by atoms with van der Waals surface area (Å²) in [6.45, 7) is 0. The summed E-state index contributed by atoms with van der Waals surface area (Å²) in [6.07, 6.45) is 0. The van der Waals surface area contributed by atoms with Crippen LogP contribution in [-0.4, -0.2) is 31.7 Å². The van der Waals surface area contributed by atoms with Crippen LogP contribution in [0, 0.1) is 10.8 Å². The Hall–Kier alpha value is -5.21. The van der Waals surface area contributed by atoms with E-state index in [-0.39, 0.29) is 0 Å². The van der Waals surface area contributed by atoms with Crippen molar-refractivity contribution in [3.05, 3.63) is 107 Å². The molecule has 0 atom stereocenters. The molecule has 0 unspecified atom stereocenters. The third-order valence-electron chi connectivity index (χ3n) is 4.71. The van der Waals surface area contributed by atoms with Crippen LogP contribution >= 0.6 is 0 Å². The highest BCUT2D eigenvalue weighted by atomic mass is 32.3. The van der Waals surface area contributed by atoms with Crippen LogP contribution in [0.15, 0.2) is 97.1 Å². The van der Waals surface area contributed by atoms with Gasteiger partial charge >= 0.3 is 11.4 Å². The SMILES string of the molecule is COc1cc([N+]#N)ccc1Nc1ccccc1.COc1cc([N+]#N)ccc1Nc1ccccc1.O=S(=O)([O-])[O-]. The van der Waals surface area contributed by atoms with Crippen molar-refractivity contribution >= 4 is 44.5 Å². The maximum atomic E-state index is 8.69. The molecular weight excluding hydrogens is 524 g/mol. The summed E-state index contributed by atoms with van der Waals surface area (Å²) in [5.74, 6) is 1.26. The molecule has 0 aromatic heterocycles. The number of anilines is 4. The van der Waals surface area contributed by atoms with Gasteiger partial charge in [0.15, 0.2) is 9.95 Å². The number of rotatable bonds is 6. The first-order valence-corrected chi connectivity index (χ1v) is 12.4. The van der Waals surface area contributed by atoms with Crippen LogP contribution in [0.1, 0.15) is 0 Å². The van der Waals surface area contributed by atoms with Crippen molar-refractivity contribution in [2.75, 3.05) is 24.9 Å². The molecule has 13 heteroatoms. The van der Waals surface area contributed by atoms with Gasteiger partial charge in [-0.15, -0.1) is 0 Å². The minimum atomic E-state index is -5.17. The molecule has 200 valence electrons. The van der Waals surface area contributed by atoms with Crippen LogP contribution in [0.4, 0.5) is 34.1 Å². The first-order valence-electron chi connectivity index (χ1n) is 11.0. The number of diazo groups is 2. The molecule has 4 rings (SSSR count). The number of hydrogen-bond donors (Lipinski definition) is 2. The molecule has 39 heavy (non-hydrogen) atoms. The second-order valence-electron chi connectivity index (χ2n) is 7.36. The van der Waals surface area contributed by atoms with Gasteiger partial charge in [-0.3, -0.25) is 8.42 Å². The number of methoxy groups -OCH3 is 2. The van der Waals surface area contributed by atoms with E-state index in [1.807, 2.05) is 60.7 Å². The molecule has 4 aromatic carbocycles. The second kappa shape index (κ2) is 15.1. The highest BCUT2D eigenvalue weighted by Gasteiger charge is 2.12. The highest BCUT2D eigenvalue weighted by Crippen LogP contribution is 2.32. The fraction of sp³-hybridized carbons (Fsp3) is 0.0769. The Balaban J connectivity index is 0.000000234. The Morgan fingerprint density at radius 3 is 1.26 bits per heavy atom. The standard InChI is InChI=1S/2C13H12N3O.H2O4S/c2*1-17-13-9-11(16-14)7-8-12(13)15-10-5-3-2-4-6-10;1-5(2,3)4/h2*2-9,15H,1H3;(H2,1,2,3,4)/q2*+1;/p-2. The monoisotopic (exact) mass is 548 g/mol. The van der Waals surface area contributed by atoms with Gasteiger partial charge in [0, 0.05) is 33.9 Å². The van der Waals surface area contributed by atoms with Crippen LogP contribution in [-0.2, 0) is 10.4 Å². The van der Waals surface area contributed by atoms with Gasteiger partial charge in [-0.25, -0.2) is 0 Å². The molecule has 0 radical (unpaired) electrons. The fourth-order valence-corrected chi connectivity index (χ4v) is 3.04. The second-order valence-corrected chi connectivity index (χ2v) is 8.18. The fourth-order valence-electron chi connectivity index (χ4n) is 3.04. The van der Waals surface area contributed by atoms with Gasteiger partial charge in [-0.2, -0.15) is 0 Å². The van der Waals surface area contributed by atoms with Crippen molar-refractivity contribution < 1.29 is 27.0 Å². The minimum Gasteiger partial charge on any atom is -0.759 e. The Morgan fingerprint density at radius 1 is 0.641 bits per heavy atom. The highest BCUT2D eigenvalue weighted by molar-refractivity contribution is 7.79. The quantitative estimate of drug-likeness (QED) is 0.153. The lowest BCUT2D eigenvalue weighted by atomic mass is 10.2. The van der Waals surface area contributed by atoms with E-state index < -0.39 is 10.4 Å². The molecular formula is C26H24N6O6S. The van der Waals surface area contributed by atoms with E-state index in [4.69, 9.17) is 37.8 Å². The molecule has 0 amide bonds. The lowest BCUT2D eigenvalue weighted by molar-refractivity contribution is 0.352. The molecule has 2 N–H and O–H groups in total. The topological polar surface area (TPSA) is 179 Å². The minimum absolute atomic E-state index is 0.459. The predicted octanol–water partition coefficient (Wildman–Crippen LogP) is 6.51. The first kappa shape index (κ1) is 30.0. The first-order chi connectivity index (χ1) is 18.7. The number of hydrogen-bond acceptors (Lipinski definition) is 10. The van der Waals surface area contributed by atoms with Gasteiger partial charge in [-0.05, 0) is 36.4 Å².